The lowest BCUT2D eigenvalue weighted by Crippen LogP contribution is -2.45. The first kappa shape index (κ1) is 29.8. The molecule has 1 heterocycles. The van der Waals surface area contributed by atoms with Gasteiger partial charge >= 0.3 is 5.97 Å². The van der Waals surface area contributed by atoms with Crippen LogP contribution < -0.4 is 0 Å². The van der Waals surface area contributed by atoms with Gasteiger partial charge in [0.1, 0.15) is 5.82 Å². The minimum Gasteiger partial charge on any atom is -0.481 e. The van der Waals surface area contributed by atoms with Gasteiger partial charge in [-0.3, -0.25) is 14.3 Å². The Labute approximate surface area is 239 Å². The summed E-state index contributed by atoms with van der Waals surface area (Å²) in [6.45, 7) is 8.04. The van der Waals surface area contributed by atoms with Crippen LogP contribution in [0, 0.1) is 23.6 Å². The Bertz CT molecular complexity index is 1210. The Kier molecular flexibility index (Phi) is 8.70. The van der Waals surface area contributed by atoms with Crippen molar-refractivity contribution in [1.29, 1.82) is 0 Å². The molecule has 0 aliphatic heterocycles. The summed E-state index contributed by atoms with van der Waals surface area (Å²) in [5.74, 6) is -1.61. The molecule has 4 rings (SSSR count). The quantitative estimate of drug-likeness (QED) is 0.367. The average molecular weight is 583 g/mol. The van der Waals surface area contributed by atoms with Gasteiger partial charge in [0.05, 0.1) is 45.9 Å². The van der Waals surface area contributed by atoms with Crippen LogP contribution in [0.25, 0.3) is 0 Å². The summed E-state index contributed by atoms with van der Waals surface area (Å²) in [4.78, 5) is 27.4. The maximum Gasteiger partial charge on any atom is 0.309 e. The van der Waals surface area contributed by atoms with E-state index < -0.39 is 23.3 Å². The largest absolute Gasteiger partial charge is 0.481 e. The predicted molar refractivity (Wildman–Crippen MR) is 149 cm³/mol. The first-order chi connectivity index (χ1) is 18.2. The monoisotopic (exact) mass is 581 g/mol. The van der Waals surface area contributed by atoms with Crippen molar-refractivity contribution in [3.05, 3.63) is 51.0 Å². The number of carboxylic acid groups (broad SMARTS) is 1. The van der Waals surface area contributed by atoms with Gasteiger partial charge in [0.2, 0.25) is 0 Å². The molecule has 2 aromatic rings. The molecule has 2 fully saturated rings. The fourth-order valence-corrected chi connectivity index (χ4v) is 6.81. The van der Waals surface area contributed by atoms with Gasteiger partial charge in [0, 0.05) is 17.3 Å². The molecular weight excluding hydrogens is 544 g/mol. The van der Waals surface area contributed by atoms with Gasteiger partial charge in [-0.25, -0.2) is 4.39 Å². The molecule has 2 aliphatic carbocycles. The van der Waals surface area contributed by atoms with Crippen molar-refractivity contribution in [2.45, 2.75) is 97.2 Å². The Hall–Kier alpha value is -2.16. The summed E-state index contributed by atoms with van der Waals surface area (Å²) < 4.78 is 15.6. The van der Waals surface area contributed by atoms with Crippen molar-refractivity contribution < 1.29 is 24.2 Å². The second-order valence-electron chi connectivity index (χ2n) is 12.3. The van der Waals surface area contributed by atoms with Crippen LogP contribution in [-0.4, -0.2) is 49.4 Å². The number of halogens is 3. The summed E-state index contributed by atoms with van der Waals surface area (Å²) in [6, 6.07) is 2.14. The van der Waals surface area contributed by atoms with E-state index in [9.17, 15) is 24.2 Å². The zero-order chi connectivity index (χ0) is 28.7. The molecule has 7 nitrogen and oxygen atoms in total. The predicted octanol–water partition coefficient (Wildman–Crippen LogP) is 6.99. The third-order valence-corrected chi connectivity index (χ3v) is 9.58. The maximum atomic E-state index is 14.1. The zero-order valence-electron chi connectivity index (χ0n) is 23.0. The molecule has 2 saturated carbocycles. The van der Waals surface area contributed by atoms with Crippen molar-refractivity contribution >= 4 is 35.1 Å². The molecule has 1 unspecified atom stereocenters. The highest BCUT2D eigenvalue weighted by Crippen LogP contribution is 2.42. The number of aliphatic hydroxyl groups excluding tert-OH is 1. The lowest BCUT2D eigenvalue weighted by molar-refractivity contribution is -0.150. The second kappa shape index (κ2) is 11.4. The Morgan fingerprint density at radius 3 is 2.21 bits per heavy atom. The van der Waals surface area contributed by atoms with Gasteiger partial charge in [-0.15, -0.1) is 0 Å². The van der Waals surface area contributed by atoms with Crippen molar-refractivity contribution in [2.75, 3.05) is 6.54 Å². The highest BCUT2D eigenvalue weighted by molar-refractivity contribution is 6.36. The molecule has 0 bridgehead atoms. The Morgan fingerprint density at radius 2 is 1.67 bits per heavy atom. The van der Waals surface area contributed by atoms with Crippen LogP contribution in [0.4, 0.5) is 4.39 Å². The standard InChI is InChI=1S/C29H38Cl2FN3O4/c1-17-21(15-33-35(17)20-7-11-29(4,12-8-20)27(38)39)26(37)34(19-5-9-28(2,3)10-6-19)16-24(36)25-22(30)13-18(32)14-23(25)31/h13-15,19-20,24,36H,5-12,16H2,1-4H3,(H,38,39). The van der Waals surface area contributed by atoms with E-state index in [0.717, 1.165) is 43.5 Å². The number of rotatable bonds is 7. The van der Waals surface area contributed by atoms with Crippen LogP contribution in [-0.2, 0) is 4.79 Å². The van der Waals surface area contributed by atoms with E-state index in [2.05, 4.69) is 18.9 Å². The van der Waals surface area contributed by atoms with E-state index in [-0.39, 0.29) is 45.6 Å². The molecule has 1 atom stereocenters. The van der Waals surface area contributed by atoms with E-state index in [4.69, 9.17) is 23.2 Å². The number of aromatic nitrogens is 2. The number of carboxylic acids is 1. The molecule has 0 radical (unpaired) electrons. The molecule has 2 aliphatic rings. The third-order valence-electron chi connectivity index (χ3n) is 8.95. The summed E-state index contributed by atoms with van der Waals surface area (Å²) in [5, 5.41) is 25.3. The number of benzene rings is 1. The van der Waals surface area contributed by atoms with E-state index in [1.807, 2.05) is 11.6 Å². The Balaban J connectivity index is 1.60. The first-order valence-electron chi connectivity index (χ1n) is 13.6. The average Bonchev–Trinajstić information content (AvgIpc) is 3.23. The van der Waals surface area contributed by atoms with Crippen LogP contribution in [0.2, 0.25) is 10.0 Å². The normalized spacial score (nSPS) is 24.4. The highest BCUT2D eigenvalue weighted by Gasteiger charge is 2.39. The van der Waals surface area contributed by atoms with Crippen molar-refractivity contribution in [3.8, 4) is 0 Å². The number of nitrogens with zero attached hydrogens (tertiary/aromatic N) is 3. The molecule has 10 heteroatoms. The molecule has 1 aromatic carbocycles. The minimum absolute atomic E-state index is 0.0133. The fraction of sp³-hybridized carbons (Fsp3) is 0.621. The van der Waals surface area contributed by atoms with Gasteiger partial charge in [-0.05, 0) is 82.8 Å². The Morgan fingerprint density at radius 1 is 1.10 bits per heavy atom. The second-order valence-corrected chi connectivity index (χ2v) is 13.2. The van der Waals surface area contributed by atoms with Gasteiger partial charge in [0.25, 0.3) is 5.91 Å². The topological polar surface area (TPSA) is 95.7 Å². The number of aliphatic hydroxyl groups is 1. The van der Waals surface area contributed by atoms with Gasteiger partial charge in [-0.2, -0.15) is 5.10 Å². The van der Waals surface area contributed by atoms with Crippen LogP contribution in [0.3, 0.4) is 0 Å². The molecule has 39 heavy (non-hydrogen) atoms. The molecule has 1 aromatic heterocycles. The van der Waals surface area contributed by atoms with Crippen LogP contribution in [0.15, 0.2) is 18.3 Å². The molecule has 0 spiro atoms. The molecular formula is C29H38Cl2FN3O4. The van der Waals surface area contributed by atoms with Gasteiger partial charge in [0.15, 0.2) is 0 Å². The van der Waals surface area contributed by atoms with Crippen LogP contribution in [0.5, 0.6) is 0 Å². The van der Waals surface area contributed by atoms with Crippen LogP contribution >= 0.6 is 23.2 Å². The lowest BCUT2D eigenvalue weighted by atomic mass is 9.74. The number of carbonyl (C=O) groups excluding carboxylic acids is 1. The number of hydrogen-bond donors (Lipinski definition) is 2. The van der Waals surface area contributed by atoms with E-state index in [1.54, 1.807) is 18.0 Å². The SMILES string of the molecule is Cc1c(C(=O)N(CC(O)c2c(Cl)cc(F)cc2Cl)C2CCC(C)(C)CC2)cnn1C1CCC(C)(C(=O)O)CC1. The number of aliphatic carboxylic acids is 1. The third kappa shape index (κ3) is 6.28. The molecule has 2 N–H and O–H groups in total. The van der Waals surface area contributed by atoms with Crippen molar-refractivity contribution in [3.63, 3.8) is 0 Å². The molecule has 0 saturated heterocycles. The van der Waals surface area contributed by atoms with Crippen molar-refractivity contribution in [2.24, 2.45) is 10.8 Å². The first-order valence-corrected chi connectivity index (χ1v) is 14.4. The smallest absolute Gasteiger partial charge is 0.309 e. The highest BCUT2D eigenvalue weighted by atomic mass is 35.5. The van der Waals surface area contributed by atoms with E-state index in [1.165, 1.54) is 0 Å². The van der Waals surface area contributed by atoms with E-state index in [0.29, 0.717) is 31.2 Å². The lowest BCUT2D eigenvalue weighted by Gasteiger charge is -2.41. The molecule has 214 valence electrons. The fourth-order valence-electron chi connectivity index (χ4n) is 6.10. The van der Waals surface area contributed by atoms with Gasteiger partial charge < -0.3 is 15.1 Å². The maximum absolute atomic E-state index is 14.1. The minimum atomic E-state index is -1.20. The zero-order valence-corrected chi connectivity index (χ0v) is 24.5. The summed E-state index contributed by atoms with van der Waals surface area (Å²) in [5.41, 5.74) is 0.817. The summed E-state index contributed by atoms with van der Waals surface area (Å²) in [7, 11) is 0. The number of carbonyl (C=O) groups is 2. The number of hydrogen-bond acceptors (Lipinski definition) is 4. The van der Waals surface area contributed by atoms with Gasteiger partial charge in [-0.1, -0.05) is 37.0 Å². The summed E-state index contributed by atoms with van der Waals surface area (Å²) >= 11 is 12.5. The summed E-state index contributed by atoms with van der Waals surface area (Å²) in [6.07, 6.45) is 6.27. The van der Waals surface area contributed by atoms with Crippen molar-refractivity contribution in [1.82, 2.24) is 14.7 Å². The van der Waals surface area contributed by atoms with Crippen LogP contribution in [0.1, 0.15) is 106 Å². The number of amides is 1. The van der Waals surface area contributed by atoms with E-state index >= 15 is 0 Å². The molecule has 1 amide bonds.